The molecular weight excluding hydrogens is 280 g/mol. The van der Waals surface area contributed by atoms with Gasteiger partial charge in [0.1, 0.15) is 16.5 Å². The van der Waals surface area contributed by atoms with Gasteiger partial charge in [-0.3, -0.25) is 4.90 Å². The number of aromatic nitrogens is 2. The van der Waals surface area contributed by atoms with Crippen LogP contribution in [0.1, 0.15) is 17.0 Å². The van der Waals surface area contributed by atoms with Gasteiger partial charge in [0, 0.05) is 20.1 Å². The molecule has 0 saturated carbocycles. The molecule has 0 saturated heterocycles. The number of rotatable bonds is 3. The first-order chi connectivity index (χ1) is 10.3. The fraction of sp³-hybridized carbons (Fsp3) is 0.250. The Morgan fingerprint density at radius 1 is 1.14 bits per heavy atom. The third-order valence-corrected chi connectivity index (χ3v) is 4.69. The van der Waals surface area contributed by atoms with Crippen LogP contribution in [-0.4, -0.2) is 21.9 Å². The van der Waals surface area contributed by atoms with Crippen molar-refractivity contribution < 1.29 is 0 Å². The molecule has 3 heterocycles. The minimum atomic E-state index is 0.789. The fourth-order valence-corrected chi connectivity index (χ4v) is 3.66. The molecule has 4 rings (SSSR count). The highest BCUT2D eigenvalue weighted by atomic mass is 32.1. The van der Waals surface area contributed by atoms with E-state index in [1.54, 1.807) is 11.3 Å². The molecule has 0 fully saturated rings. The lowest BCUT2D eigenvalue weighted by atomic mass is 10.1. The standard InChI is InChI=1S/C16H16N4S/c1-17-15-13-6-7-21-16(13)19-14(18-15)10-20-8-11-4-2-3-5-12(11)9-20/h2-7H,8-10H2,1H3,(H,17,18,19). The van der Waals surface area contributed by atoms with Crippen molar-refractivity contribution in [3.63, 3.8) is 0 Å². The Bertz CT molecular complexity index is 771. The zero-order chi connectivity index (χ0) is 14.2. The van der Waals surface area contributed by atoms with Crippen LogP contribution in [0.25, 0.3) is 10.2 Å². The van der Waals surface area contributed by atoms with Crippen LogP contribution in [0.15, 0.2) is 35.7 Å². The lowest BCUT2D eigenvalue weighted by Gasteiger charge is -2.14. The molecule has 1 aliphatic rings. The summed E-state index contributed by atoms with van der Waals surface area (Å²) in [6.07, 6.45) is 0. The first-order valence-corrected chi connectivity index (χ1v) is 7.92. The number of hydrogen-bond acceptors (Lipinski definition) is 5. The Balaban J connectivity index is 1.61. The van der Waals surface area contributed by atoms with E-state index in [0.717, 1.165) is 41.5 Å². The van der Waals surface area contributed by atoms with Crippen LogP contribution in [0, 0.1) is 0 Å². The van der Waals surface area contributed by atoms with Crippen LogP contribution in [0.5, 0.6) is 0 Å². The Morgan fingerprint density at radius 3 is 2.62 bits per heavy atom. The van der Waals surface area contributed by atoms with E-state index >= 15 is 0 Å². The van der Waals surface area contributed by atoms with E-state index in [0.29, 0.717) is 0 Å². The first kappa shape index (κ1) is 12.7. The highest BCUT2D eigenvalue weighted by Crippen LogP contribution is 2.27. The minimum Gasteiger partial charge on any atom is -0.372 e. The molecule has 3 aromatic rings. The second-order valence-corrected chi connectivity index (χ2v) is 6.19. The normalized spacial score (nSPS) is 14.5. The van der Waals surface area contributed by atoms with Gasteiger partial charge in [-0.25, -0.2) is 9.97 Å². The molecule has 4 nitrogen and oxygen atoms in total. The smallest absolute Gasteiger partial charge is 0.146 e. The van der Waals surface area contributed by atoms with Crippen LogP contribution in [0.2, 0.25) is 0 Å². The molecule has 0 bridgehead atoms. The average Bonchev–Trinajstić information content (AvgIpc) is 3.11. The van der Waals surface area contributed by atoms with Gasteiger partial charge in [-0.2, -0.15) is 0 Å². The van der Waals surface area contributed by atoms with Crippen molar-refractivity contribution in [2.24, 2.45) is 0 Å². The van der Waals surface area contributed by atoms with E-state index in [4.69, 9.17) is 4.98 Å². The van der Waals surface area contributed by atoms with Gasteiger partial charge in [0.05, 0.1) is 11.9 Å². The number of benzene rings is 1. The van der Waals surface area contributed by atoms with Gasteiger partial charge < -0.3 is 5.32 Å². The molecular formula is C16H16N4S. The SMILES string of the molecule is CNc1nc(CN2Cc3ccccc3C2)nc2sccc12. The maximum atomic E-state index is 4.70. The van der Waals surface area contributed by atoms with Crippen LogP contribution in [-0.2, 0) is 19.6 Å². The highest BCUT2D eigenvalue weighted by Gasteiger charge is 2.19. The fourth-order valence-electron chi connectivity index (χ4n) is 2.88. The molecule has 0 amide bonds. The summed E-state index contributed by atoms with van der Waals surface area (Å²) < 4.78 is 0. The van der Waals surface area contributed by atoms with Gasteiger partial charge in [0.25, 0.3) is 0 Å². The third-order valence-electron chi connectivity index (χ3n) is 3.88. The zero-order valence-electron chi connectivity index (χ0n) is 11.8. The summed E-state index contributed by atoms with van der Waals surface area (Å²) in [5, 5.41) is 6.35. The van der Waals surface area contributed by atoms with Crippen LogP contribution >= 0.6 is 11.3 Å². The number of anilines is 1. The molecule has 106 valence electrons. The molecule has 0 spiro atoms. The number of nitrogens with one attached hydrogen (secondary N) is 1. The van der Waals surface area contributed by atoms with Crippen molar-refractivity contribution >= 4 is 27.4 Å². The number of nitrogens with zero attached hydrogens (tertiary/aromatic N) is 3. The average molecular weight is 296 g/mol. The van der Waals surface area contributed by atoms with Crippen LogP contribution < -0.4 is 5.32 Å². The summed E-state index contributed by atoms with van der Waals surface area (Å²) in [7, 11) is 1.91. The van der Waals surface area contributed by atoms with E-state index in [2.05, 4.69) is 50.9 Å². The van der Waals surface area contributed by atoms with E-state index in [1.807, 2.05) is 7.05 Å². The summed E-state index contributed by atoms with van der Waals surface area (Å²) in [6.45, 7) is 2.75. The monoisotopic (exact) mass is 296 g/mol. The second-order valence-electron chi connectivity index (χ2n) is 5.29. The van der Waals surface area contributed by atoms with E-state index in [-0.39, 0.29) is 0 Å². The first-order valence-electron chi connectivity index (χ1n) is 7.04. The van der Waals surface area contributed by atoms with Gasteiger partial charge in [-0.1, -0.05) is 24.3 Å². The molecule has 0 atom stereocenters. The van der Waals surface area contributed by atoms with Gasteiger partial charge >= 0.3 is 0 Å². The maximum absolute atomic E-state index is 4.70. The molecule has 1 aromatic carbocycles. The predicted octanol–water partition coefficient (Wildman–Crippen LogP) is 3.25. The Morgan fingerprint density at radius 2 is 1.90 bits per heavy atom. The molecule has 0 unspecified atom stereocenters. The highest BCUT2D eigenvalue weighted by molar-refractivity contribution is 7.16. The Hall–Kier alpha value is -1.98. The molecule has 0 aliphatic carbocycles. The lowest BCUT2D eigenvalue weighted by molar-refractivity contribution is 0.269. The van der Waals surface area contributed by atoms with Crippen LogP contribution in [0.3, 0.4) is 0 Å². The number of hydrogen-bond donors (Lipinski definition) is 1. The Labute approximate surface area is 127 Å². The largest absolute Gasteiger partial charge is 0.372 e. The van der Waals surface area contributed by atoms with E-state index in [9.17, 15) is 0 Å². The number of thiophene rings is 1. The minimum absolute atomic E-state index is 0.789. The zero-order valence-corrected chi connectivity index (χ0v) is 12.7. The van der Waals surface area contributed by atoms with Crippen molar-refractivity contribution in [1.82, 2.24) is 14.9 Å². The van der Waals surface area contributed by atoms with Crippen molar-refractivity contribution in [2.45, 2.75) is 19.6 Å². The van der Waals surface area contributed by atoms with Crippen molar-refractivity contribution in [2.75, 3.05) is 12.4 Å². The third kappa shape index (κ3) is 2.28. The van der Waals surface area contributed by atoms with Gasteiger partial charge in [-0.05, 0) is 22.6 Å². The molecule has 0 radical (unpaired) electrons. The van der Waals surface area contributed by atoms with Gasteiger partial charge in [-0.15, -0.1) is 11.3 Å². The summed E-state index contributed by atoms with van der Waals surface area (Å²) in [5.41, 5.74) is 2.84. The topological polar surface area (TPSA) is 41.1 Å². The van der Waals surface area contributed by atoms with Crippen molar-refractivity contribution in [3.8, 4) is 0 Å². The van der Waals surface area contributed by atoms with Crippen LogP contribution in [0.4, 0.5) is 5.82 Å². The quantitative estimate of drug-likeness (QED) is 0.805. The molecule has 2 aromatic heterocycles. The van der Waals surface area contributed by atoms with E-state index < -0.39 is 0 Å². The van der Waals surface area contributed by atoms with Crippen molar-refractivity contribution in [1.29, 1.82) is 0 Å². The summed E-state index contributed by atoms with van der Waals surface area (Å²) in [5.74, 6) is 1.81. The molecule has 1 aliphatic heterocycles. The van der Waals surface area contributed by atoms with Gasteiger partial charge in [0.15, 0.2) is 0 Å². The molecule has 21 heavy (non-hydrogen) atoms. The second kappa shape index (κ2) is 5.09. The summed E-state index contributed by atoms with van der Waals surface area (Å²) >= 11 is 1.67. The lowest BCUT2D eigenvalue weighted by Crippen LogP contribution is -2.18. The molecule has 1 N–H and O–H groups in total. The van der Waals surface area contributed by atoms with Gasteiger partial charge in [0.2, 0.25) is 0 Å². The number of fused-ring (bicyclic) bond motifs is 2. The maximum Gasteiger partial charge on any atom is 0.146 e. The summed E-state index contributed by atoms with van der Waals surface area (Å²) in [4.78, 5) is 12.8. The summed E-state index contributed by atoms with van der Waals surface area (Å²) in [6, 6.07) is 10.7. The van der Waals surface area contributed by atoms with E-state index in [1.165, 1.54) is 11.1 Å². The predicted molar refractivity (Wildman–Crippen MR) is 86.4 cm³/mol. The van der Waals surface area contributed by atoms with Crippen molar-refractivity contribution in [3.05, 3.63) is 52.7 Å². The molecule has 5 heteroatoms. The Kier molecular flexibility index (Phi) is 3.09.